The molecule has 1 aliphatic heterocycles. The Morgan fingerprint density at radius 1 is 1.53 bits per heavy atom. The molecule has 0 aliphatic carbocycles. The summed E-state index contributed by atoms with van der Waals surface area (Å²) in [4.78, 5) is 1.17. The van der Waals surface area contributed by atoms with Crippen LogP contribution in [0.1, 0.15) is 17.7 Å². The van der Waals surface area contributed by atoms with Crippen LogP contribution in [-0.4, -0.2) is 39.0 Å². The summed E-state index contributed by atoms with van der Waals surface area (Å²) in [5.74, 6) is 0.324. The normalized spacial score (nSPS) is 18.9. The Hall–Kier alpha value is 0.340. The minimum Gasteiger partial charge on any atom is -0.381 e. The summed E-state index contributed by atoms with van der Waals surface area (Å²) in [5, 5.41) is 0. The van der Waals surface area contributed by atoms with E-state index in [2.05, 4.69) is 15.9 Å². The Labute approximate surface area is 130 Å². The molecule has 0 unspecified atom stereocenters. The van der Waals surface area contributed by atoms with Crippen LogP contribution in [0, 0.1) is 0 Å². The fourth-order valence-electron chi connectivity index (χ4n) is 2.09. The van der Waals surface area contributed by atoms with E-state index in [1.807, 2.05) is 0 Å². The van der Waals surface area contributed by atoms with Crippen molar-refractivity contribution in [1.82, 2.24) is 4.31 Å². The molecule has 1 aromatic heterocycles. The van der Waals surface area contributed by atoms with Gasteiger partial charge in [-0.3, -0.25) is 0 Å². The van der Waals surface area contributed by atoms with Gasteiger partial charge in [0.25, 0.3) is 0 Å². The molecule has 1 aliphatic rings. The molecule has 0 saturated carbocycles. The number of piperidine rings is 1. The molecule has 2 rings (SSSR count). The molecule has 1 saturated heterocycles. The van der Waals surface area contributed by atoms with Crippen molar-refractivity contribution >= 4 is 48.9 Å². The summed E-state index contributed by atoms with van der Waals surface area (Å²) >= 11 is 10.4. The Balaban J connectivity index is 2.20. The molecule has 0 aromatic carbocycles. The minimum absolute atomic E-state index is 0.163. The van der Waals surface area contributed by atoms with Crippen LogP contribution in [0.15, 0.2) is 14.7 Å². The molecule has 8 heteroatoms. The topological polar surface area (TPSA) is 46.6 Å². The van der Waals surface area contributed by atoms with Crippen LogP contribution in [0.3, 0.4) is 0 Å². The quantitative estimate of drug-likeness (QED) is 0.745. The van der Waals surface area contributed by atoms with Gasteiger partial charge in [-0.2, -0.15) is 4.31 Å². The van der Waals surface area contributed by atoms with Crippen LogP contribution in [-0.2, 0) is 20.6 Å². The number of halogens is 2. The molecule has 0 N–H and O–H groups in total. The number of alkyl halides is 1. The van der Waals surface area contributed by atoms with Gasteiger partial charge in [-0.1, -0.05) is 0 Å². The second kappa shape index (κ2) is 6.41. The third-order valence-electron chi connectivity index (χ3n) is 3.19. The molecule has 0 atom stereocenters. The Kier molecular flexibility index (Phi) is 5.30. The molecule has 0 amide bonds. The van der Waals surface area contributed by atoms with Crippen LogP contribution in [0.4, 0.5) is 0 Å². The van der Waals surface area contributed by atoms with Gasteiger partial charge in [0.05, 0.1) is 15.8 Å². The van der Waals surface area contributed by atoms with E-state index in [1.54, 1.807) is 13.2 Å². The van der Waals surface area contributed by atoms with Crippen molar-refractivity contribution in [1.29, 1.82) is 0 Å². The van der Waals surface area contributed by atoms with E-state index in [1.165, 1.54) is 15.6 Å². The Bertz CT molecular complexity index is 538. The largest absolute Gasteiger partial charge is 0.381 e. The van der Waals surface area contributed by atoms with Crippen molar-refractivity contribution < 1.29 is 13.2 Å². The average Bonchev–Trinajstić information content (AvgIpc) is 2.81. The molecular formula is C11H15BrClNO3S2. The SMILES string of the molecule is COC1CCN(S(=O)(=O)c2cc(CCl)sc2Br)CC1. The first-order valence-electron chi connectivity index (χ1n) is 5.86. The maximum absolute atomic E-state index is 12.6. The fourth-order valence-corrected chi connectivity index (χ4v) is 6.28. The number of rotatable bonds is 4. The summed E-state index contributed by atoms with van der Waals surface area (Å²) in [7, 11) is -1.77. The second-order valence-corrected chi connectivity index (χ2v) is 8.95. The second-order valence-electron chi connectivity index (χ2n) is 4.32. The van der Waals surface area contributed by atoms with Crippen molar-refractivity contribution in [3.63, 3.8) is 0 Å². The van der Waals surface area contributed by atoms with Gasteiger partial charge in [0.15, 0.2) is 0 Å². The molecule has 4 nitrogen and oxygen atoms in total. The van der Waals surface area contributed by atoms with Crippen molar-refractivity contribution in [3.8, 4) is 0 Å². The predicted molar refractivity (Wildman–Crippen MR) is 80.4 cm³/mol. The van der Waals surface area contributed by atoms with Gasteiger partial charge in [-0.15, -0.1) is 22.9 Å². The lowest BCUT2D eigenvalue weighted by molar-refractivity contribution is 0.0604. The van der Waals surface area contributed by atoms with Crippen molar-refractivity contribution in [2.45, 2.75) is 29.7 Å². The van der Waals surface area contributed by atoms with E-state index in [0.717, 1.165) is 17.7 Å². The first-order chi connectivity index (χ1) is 8.98. The van der Waals surface area contributed by atoms with Gasteiger partial charge in [0.2, 0.25) is 10.0 Å². The molecule has 0 bridgehead atoms. The highest BCUT2D eigenvalue weighted by atomic mass is 79.9. The highest BCUT2D eigenvalue weighted by Crippen LogP contribution is 2.35. The predicted octanol–water partition coefficient (Wildman–Crippen LogP) is 3.05. The number of ether oxygens (including phenoxy) is 1. The standard InChI is InChI=1S/C11H15BrClNO3S2/c1-17-8-2-4-14(5-3-8)19(15,16)10-6-9(7-13)18-11(10)12/h6,8H,2-5,7H2,1H3. The molecule has 1 aromatic rings. The lowest BCUT2D eigenvalue weighted by atomic mass is 10.1. The van der Waals surface area contributed by atoms with E-state index >= 15 is 0 Å². The molecule has 2 heterocycles. The van der Waals surface area contributed by atoms with Gasteiger partial charge in [-0.25, -0.2) is 8.42 Å². The van der Waals surface area contributed by atoms with E-state index in [9.17, 15) is 8.42 Å². The van der Waals surface area contributed by atoms with Crippen LogP contribution >= 0.6 is 38.9 Å². The summed E-state index contributed by atoms with van der Waals surface area (Å²) in [6.07, 6.45) is 1.63. The van der Waals surface area contributed by atoms with Crippen molar-refractivity contribution in [2.24, 2.45) is 0 Å². The molecule has 1 fully saturated rings. The van der Waals surface area contributed by atoms with Crippen LogP contribution in [0.2, 0.25) is 0 Å². The van der Waals surface area contributed by atoms with Crippen molar-refractivity contribution in [3.05, 3.63) is 14.7 Å². The molecule has 0 spiro atoms. The molecule has 19 heavy (non-hydrogen) atoms. The number of methoxy groups -OCH3 is 1. The maximum atomic E-state index is 12.6. The van der Waals surface area contributed by atoms with Gasteiger partial charge in [-0.05, 0) is 34.8 Å². The Morgan fingerprint density at radius 3 is 2.63 bits per heavy atom. The first-order valence-corrected chi connectivity index (χ1v) is 9.44. The zero-order chi connectivity index (χ0) is 14.0. The van der Waals surface area contributed by atoms with E-state index in [0.29, 0.717) is 27.7 Å². The summed E-state index contributed by atoms with van der Waals surface area (Å²) in [6.45, 7) is 0.999. The fraction of sp³-hybridized carbons (Fsp3) is 0.636. The minimum atomic E-state index is -3.43. The zero-order valence-electron chi connectivity index (χ0n) is 10.4. The number of nitrogens with zero attached hydrogens (tertiary/aromatic N) is 1. The smallest absolute Gasteiger partial charge is 0.245 e. The zero-order valence-corrected chi connectivity index (χ0v) is 14.4. The first kappa shape index (κ1) is 15.7. The highest BCUT2D eigenvalue weighted by molar-refractivity contribution is 9.11. The van der Waals surface area contributed by atoms with Gasteiger partial charge >= 0.3 is 0 Å². The van der Waals surface area contributed by atoms with Crippen molar-refractivity contribution in [2.75, 3.05) is 20.2 Å². The van der Waals surface area contributed by atoms with Crippen LogP contribution < -0.4 is 0 Å². The summed E-state index contributed by atoms with van der Waals surface area (Å²) < 4.78 is 32.5. The third kappa shape index (κ3) is 3.33. The summed E-state index contributed by atoms with van der Waals surface area (Å²) in [6, 6.07) is 1.65. The molecule has 108 valence electrons. The average molecular weight is 389 g/mol. The van der Waals surface area contributed by atoms with Crippen LogP contribution in [0.5, 0.6) is 0 Å². The lowest BCUT2D eigenvalue weighted by Crippen LogP contribution is -2.40. The third-order valence-corrected chi connectivity index (χ3v) is 7.79. The highest BCUT2D eigenvalue weighted by Gasteiger charge is 2.31. The monoisotopic (exact) mass is 387 g/mol. The van der Waals surface area contributed by atoms with E-state index < -0.39 is 10.0 Å². The number of hydrogen-bond donors (Lipinski definition) is 0. The van der Waals surface area contributed by atoms with Gasteiger partial charge in [0.1, 0.15) is 4.90 Å². The number of sulfonamides is 1. The lowest BCUT2D eigenvalue weighted by Gasteiger charge is -2.30. The Morgan fingerprint density at radius 2 is 2.16 bits per heavy atom. The van der Waals surface area contributed by atoms with E-state index in [4.69, 9.17) is 16.3 Å². The van der Waals surface area contributed by atoms with Gasteiger partial charge < -0.3 is 4.74 Å². The number of hydrogen-bond acceptors (Lipinski definition) is 4. The molecule has 0 radical (unpaired) electrons. The molecular weight excluding hydrogens is 374 g/mol. The van der Waals surface area contributed by atoms with Crippen LogP contribution in [0.25, 0.3) is 0 Å². The number of thiophene rings is 1. The maximum Gasteiger partial charge on any atom is 0.245 e. The van der Waals surface area contributed by atoms with E-state index in [-0.39, 0.29) is 6.10 Å². The van der Waals surface area contributed by atoms with Gasteiger partial charge in [0, 0.05) is 25.1 Å². The summed E-state index contributed by atoms with van der Waals surface area (Å²) in [5.41, 5.74) is 0.